The SMILES string of the molecule is COC(=O)c1cc(CC(C)N)ccc1OCc1ccccc1. The molecule has 2 N–H and O–H groups in total. The van der Waals surface area contributed by atoms with Crippen molar-refractivity contribution >= 4 is 5.97 Å². The summed E-state index contributed by atoms with van der Waals surface area (Å²) in [4.78, 5) is 12.0. The first-order valence-electron chi connectivity index (χ1n) is 7.23. The highest BCUT2D eigenvalue weighted by Crippen LogP contribution is 2.23. The quantitative estimate of drug-likeness (QED) is 0.833. The van der Waals surface area contributed by atoms with E-state index in [1.807, 2.05) is 43.3 Å². The molecule has 2 aromatic rings. The molecule has 0 bridgehead atoms. The van der Waals surface area contributed by atoms with Gasteiger partial charge in [-0.25, -0.2) is 4.79 Å². The fourth-order valence-electron chi connectivity index (χ4n) is 2.21. The molecule has 2 rings (SSSR count). The van der Waals surface area contributed by atoms with E-state index in [2.05, 4.69) is 0 Å². The van der Waals surface area contributed by atoms with E-state index in [4.69, 9.17) is 15.2 Å². The van der Waals surface area contributed by atoms with Crippen molar-refractivity contribution < 1.29 is 14.3 Å². The van der Waals surface area contributed by atoms with Gasteiger partial charge in [-0.05, 0) is 36.6 Å². The first-order chi connectivity index (χ1) is 10.6. The van der Waals surface area contributed by atoms with Crippen molar-refractivity contribution in [2.24, 2.45) is 5.73 Å². The Morgan fingerprint density at radius 2 is 1.86 bits per heavy atom. The highest BCUT2D eigenvalue weighted by atomic mass is 16.5. The van der Waals surface area contributed by atoms with Gasteiger partial charge in [0.1, 0.15) is 17.9 Å². The summed E-state index contributed by atoms with van der Waals surface area (Å²) >= 11 is 0. The molecule has 0 radical (unpaired) electrons. The second-order valence-electron chi connectivity index (χ2n) is 5.28. The Labute approximate surface area is 130 Å². The monoisotopic (exact) mass is 299 g/mol. The van der Waals surface area contributed by atoms with Crippen LogP contribution in [-0.4, -0.2) is 19.1 Å². The Kier molecular flexibility index (Phi) is 5.55. The number of hydrogen-bond acceptors (Lipinski definition) is 4. The topological polar surface area (TPSA) is 61.5 Å². The summed E-state index contributed by atoms with van der Waals surface area (Å²) in [5, 5.41) is 0. The van der Waals surface area contributed by atoms with Gasteiger partial charge in [-0.3, -0.25) is 0 Å². The van der Waals surface area contributed by atoms with Crippen LogP contribution >= 0.6 is 0 Å². The molecule has 4 heteroatoms. The van der Waals surface area contributed by atoms with Gasteiger partial charge in [0.25, 0.3) is 0 Å². The highest BCUT2D eigenvalue weighted by Gasteiger charge is 2.14. The molecule has 0 aromatic heterocycles. The zero-order valence-corrected chi connectivity index (χ0v) is 12.9. The molecule has 0 saturated carbocycles. The number of esters is 1. The number of nitrogens with two attached hydrogens (primary N) is 1. The number of benzene rings is 2. The van der Waals surface area contributed by atoms with Gasteiger partial charge in [0.2, 0.25) is 0 Å². The van der Waals surface area contributed by atoms with Crippen molar-refractivity contribution in [3.8, 4) is 5.75 Å². The minimum atomic E-state index is -0.408. The average Bonchev–Trinajstić information content (AvgIpc) is 2.53. The van der Waals surface area contributed by atoms with Gasteiger partial charge in [-0.1, -0.05) is 36.4 Å². The molecular weight excluding hydrogens is 278 g/mol. The third-order valence-corrected chi connectivity index (χ3v) is 3.24. The van der Waals surface area contributed by atoms with Crippen molar-refractivity contribution in [1.82, 2.24) is 0 Å². The molecule has 0 aliphatic rings. The van der Waals surface area contributed by atoms with Gasteiger partial charge in [0.05, 0.1) is 7.11 Å². The molecule has 1 atom stereocenters. The van der Waals surface area contributed by atoms with E-state index in [9.17, 15) is 4.79 Å². The van der Waals surface area contributed by atoms with Gasteiger partial charge >= 0.3 is 5.97 Å². The number of ether oxygens (including phenoxy) is 2. The van der Waals surface area contributed by atoms with Gasteiger partial charge in [-0.2, -0.15) is 0 Å². The fraction of sp³-hybridized carbons (Fsp3) is 0.278. The third-order valence-electron chi connectivity index (χ3n) is 3.24. The lowest BCUT2D eigenvalue weighted by molar-refractivity contribution is 0.0595. The average molecular weight is 299 g/mol. The lowest BCUT2D eigenvalue weighted by Crippen LogP contribution is -2.18. The van der Waals surface area contributed by atoms with Gasteiger partial charge in [0, 0.05) is 6.04 Å². The van der Waals surface area contributed by atoms with Crippen molar-refractivity contribution in [2.45, 2.75) is 26.0 Å². The second-order valence-corrected chi connectivity index (χ2v) is 5.28. The molecule has 4 nitrogen and oxygen atoms in total. The molecule has 22 heavy (non-hydrogen) atoms. The first kappa shape index (κ1) is 16.0. The molecule has 0 aliphatic heterocycles. The molecule has 0 heterocycles. The van der Waals surface area contributed by atoms with E-state index < -0.39 is 5.97 Å². The summed E-state index contributed by atoms with van der Waals surface area (Å²) in [7, 11) is 1.36. The van der Waals surface area contributed by atoms with E-state index in [1.54, 1.807) is 12.1 Å². The smallest absolute Gasteiger partial charge is 0.341 e. The maximum absolute atomic E-state index is 12.0. The zero-order chi connectivity index (χ0) is 15.9. The van der Waals surface area contributed by atoms with Crippen molar-refractivity contribution in [1.29, 1.82) is 0 Å². The fourth-order valence-corrected chi connectivity index (χ4v) is 2.21. The molecule has 0 fully saturated rings. The van der Waals surface area contributed by atoms with Crippen LogP contribution in [0.5, 0.6) is 5.75 Å². The van der Waals surface area contributed by atoms with Crippen molar-refractivity contribution in [2.75, 3.05) is 7.11 Å². The lowest BCUT2D eigenvalue weighted by Gasteiger charge is -2.13. The Morgan fingerprint density at radius 1 is 1.14 bits per heavy atom. The molecule has 0 aliphatic carbocycles. The minimum Gasteiger partial charge on any atom is -0.488 e. The lowest BCUT2D eigenvalue weighted by atomic mass is 10.0. The number of carbonyl (C=O) groups is 1. The first-order valence-corrected chi connectivity index (χ1v) is 7.23. The number of methoxy groups -OCH3 is 1. The molecule has 1 unspecified atom stereocenters. The Morgan fingerprint density at radius 3 is 2.50 bits per heavy atom. The second kappa shape index (κ2) is 7.61. The summed E-state index contributed by atoms with van der Waals surface area (Å²) in [6.45, 7) is 2.33. The predicted molar refractivity (Wildman–Crippen MR) is 85.9 cm³/mol. The Bertz CT molecular complexity index is 623. The summed E-state index contributed by atoms with van der Waals surface area (Å²) in [6.07, 6.45) is 0.697. The van der Waals surface area contributed by atoms with Crippen LogP contribution in [-0.2, 0) is 17.8 Å². The zero-order valence-electron chi connectivity index (χ0n) is 12.9. The van der Waals surface area contributed by atoms with E-state index in [1.165, 1.54) is 7.11 Å². The standard InChI is InChI=1S/C18H21NO3/c1-13(19)10-15-8-9-17(16(11-15)18(20)21-2)22-12-14-6-4-3-5-7-14/h3-9,11,13H,10,12,19H2,1-2H3. The highest BCUT2D eigenvalue weighted by molar-refractivity contribution is 5.92. The molecule has 0 spiro atoms. The summed E-state index contributed by atoms with van der Waals surface area (Å²) in [6, 6.07) is 15.3. The normalized spacial score (nSPS) is 11.8. The Hall–Kier alpha value is -2.33. The van der Waals surface area contributed by atoms with Crippen LogP contribution in [0, 0.1) is 0 Å². The van der Waals surface area contributed by atoms with Gasteiger partial charge in [-0.15, -0.1) is 0 Å². The molecule has 2 aromatic carbocycles. The summed E-state index contributed by atoms with van der Waals surface area (Å²) in [5.74, 6) is 0.110. The van der Waals surface area contributed by atoms with E-state index in [0.717, 1.165) is 11.1 Å². The molecule has 0 amide bonds. The predicted octanol–water partition coefficient (Wildman–Crippen LogP) is 2.94. The maximum atomic E-state index is 12.0. The van der Waals surface area contributed by atoms with Gasteiger partial charge < -0.3 is 15.2 Å². The third kappa shape index (κ3) is 4.33. The number of carbonyl (C=O) groups excluding carboxylic acids is 1. The number of hydrogen-bond donors (Lipinski definition) is 1. The molecule has 0 saturated heterocycles. The van der Waals surface area contributed by atoms with Crippen LogP contribution in [0.4, 0.5) is 0 Å². The van der Waals surface area contributed by atoms with Crippen LogP contribution < -0.4 is 10.5 Å². The minimum absolute atomic E-state index is 0.0292. The molecular formula is C18H21NO3. The molecule has 116 valence electrons. The van der Waals surface area contributed by atoms with E-state index >= 15 is 0 Å². The van der Waals surface area contributed by atoms with Gasteiger partial charge in [0.15, 0.2) is 0 Å². The summed E-state index contributed by atoms with van der Waals surface area (Å²) in [5.41, 5.74) is 8.26. The summed E-state index contributed by atoms with van der Waals surface area (Å²) < 4.78 is 10.6. The van der Waals surface area contributed by atoms with E-state index in [0.29, 0.717) is 24.3 Å². The largest absolute Gasteiger partial charge is 0.488 e. The van der Waals surface area contributed by atoms with Crippen LogP contribution in [0.3, 0.4) is 0 Å². The van der Waals surface area contributed by atoms with Crippen LogP contribution in [0.2, 0.25) is 0 Å². The van der Waals surface area contributed by atoms with Crippen molar-refractivity contribution in [3.05, 3.63) is 65.2 Å². The maximum Gasteiger partial charge on any atom is 0.341 e. The van der Waals surface area contributed by atoms with Crippen LogP contribution in [0.15, 0.2) is 48.5 Å². The Balaban J connectivity index is 2.20. The van der Waals surface area contributed by atoms with Crippen LogP contribution in [0.1, 0.15) is 28.4 Å². The van der Waals surface area contributed by atoms with Crippen molar-refractivity contribution in [3.63, 3.8) is 0 Å². The van der Waals surface area contributed by atoms with Crippen LogP contribution in [0.25, 0.3) is 0 Å². The van der Waals surface area contributed by atoms with E-state index in [-0.39, 0.29) is 6.04 Å². The number of rotatable bonds is 6.